The molecule has 0 spiro atoms. The number of rotatable bonds is 7. The van der Waals surface area contributed by atoms with Crippen LogP contribution in [0, 0.1) is 11.8 Å². The Labute approximate surface area is 155 Å². The minimum atomic E-state index is -0.619. The second-order valence-corrected chi connectivity index (χ2v) is 7.75. The summed E-state index contributed by atoms with van der Waals surface area (Å²) in [5.41, 5.74) is 5.19. The topological polar surface area (TPSA) is 110 Å². The zero-order valence-electron chi connectivity index (χ0n) is 15.7. The fourth-order valence-electron chi connectivity index (χ4n) is 3.73. The predicted molar refractivity (Wildman–Crippen MR) is 96.9 cm³/mol. The lowest BCUT2D eigenvalue weighted by molar-refractivity contribution is -0.134. The van der Waals surface area contributed by atoms with Gasteiger partial charge in [0.2, 0.25) is 17.7 Å². The van der Waals surface area contributed by atoms with Crippen LogP contribution in [0.15, 0.2) is 0 Å². The average molecular weight is 365 g/mol. The zero-order chi connectivity index (χ0) is 19.1. The van der Waals surface area contributed by atoms with E-state index in [-0.39, 0.29) is 42.9 Å². The number of nitrogens with zero attached hydrogens (tertiary/aromatic N) is 1. The molecule has 3 N–H and O–H groups in total. The third-order valence-electron chi connectivity index (χ3n) is 5.56. The van der Waals surface area contributed by atoms with E-state index in [0.29, 0.717) is 25.3 Å². The molecule has 1 saturated heterocycles. The highest BCUT2D eigenvalue weighted by molar-refractivity contribution is 5.94. The number of primary amides is 1. The maximum atomic E-state index is 12.5. The van der Waals surface area contributed by atoms with E-state index < -0.39 is 11.9 Å². The van der Waals surface area contributed by atoms with E-state index in [0.717, 1.165) is 12.8 Å². The molecule has 3 amide bonds. The van der Waals surface area contributed by atoms with Gasteiger partial charge in [-0.1, -0.05) is 26.2 Å². The summed E-state index contributed by atoms with van der Waals surface area (Å²) < 4.78 is 0. The molecule has 0 bridgehead atoms. The summed E-state index contributed by atoms with van der Waals surface area (Å²) in [7, 11) is 0. The number of nitrogens with one attached hydrogen (secondary N) is 1. The summed E-state index contributed by atoms with van der Waals surface area (Å²) in [6, 6.07) is -0.619. The second-order valence-electron chi connectivity index (χ2n) is 7.75. The Bertz CT molecular complexity index is 543. The van der Waals surface area contributed by atoms with Crippen LogP contribution in [0.1, 0.15) is 64.7 Å². The monoisotopic (exact) mass is 365 g/mol. The number of hydrogen-bond acceptors (Lipinski definition) is 4. The fraction of sp³-hybridized carbons (Fsp3) is 0.789. The van der Waals surface area contributed by atoms with Gasteiger partial charge in [-0.25, -0.2) is 0 Å². The lowest BCUT2D eigenvalue weighted by atomic mass is 9.89. The van der Waals surface area contributed by atoms with Gasteiger partial charge in [0.15, 0.2) is 5.78 Å². The highest BCUT2D eigenvalue weighted by Crippen LogP contribution is 2.25. The second kappa shape index (κ2) is 9.69. The molecule has 1 heterocycles. The van der Waals surface area contributed by atoms with Crippen LogP contribution in [0.25, 0.3) is 0 Å². The van der Waals surface area contributed by atoms with Gasteiger partial charge in [-0.2, -0.15) is 0 Å². The molecule has 2 atom stereocenters. The molecule has 0 radical (unpaired) electrons. The summed E-state index contributed by atoms with van der Waals surface area (Å²) in [5, 5.41) is 2.73. The van der Waals surface area contributed by atoms with Gasteiger partial charge in [-0.3, -0.25) is 19.2 Å². The maximum Gasteiger partial charge on any atom is 0.223 e. The fourth-order valence-corrected chi connectivity index (χ4v) is 3.73. The summed E-state index contributed by atoms with van der Waals surface area (Å²) in [6.45, 7) is 2.41. The largest absolute Gasteiger partial charge is 0.369 e. The minimum Gasteiger partial charge on any atom is -0.369 e. The van der Waals surface area contributed by atoms with Crippen molar-refractivity contribution >= 4 is 23.5 Å². The van der Waals surface area contributed by atoms with E-state index >= 15 is 0 Å². The number of likely N-dealkylation sites (tertiary alicyclic amines) is 1. The zero-order valence-corrected chi connectivity index (χ0v) is 15.7. The molecular weight excluding hydrogens is 334 g/mol. The number of nitrogens with two attached hydrogens (primary N) is 1. The molecule has 1 saturated carbocycles. The SMILES string of the molecule is C[C@@H](CCC(=O)N[C@H]1CCC(=O)N(CC2CCCCC2)CC1=O)C(N)=O. The van der Waals surface area contributed by atoms with Crippen LogP contribution in [0.2, 0.25) is 0 Å². The average Bonchev–Trinajstić information content (AvgIpc) is 2.74. The van der Waals surface area contributed by atoms with E-state index in [1.165, 1.54) is 19.3 Å². The van der Waals surface area contributed by atoms with Crippen LogP contribution in [0.4, 0.5) is 0 Å². The summed E-state index contributed by atoms with van der Waals surface area (Å²) in [6.07, 6.45) is 7.02. The molecule has 26 heavy (non-hydrogen) atoms. The van der Waals surface area contributed by atoms with Crippen LogP contribution >= 0.6 is 0 Å². The summed E-state index contributed by atoms with van der Waals surface area (Å²) in [4.78, 5) is 49.6. The van der Waals surface area contributed by atoms with Crippen molar-refractivity contribution in [1.29, 1.82) is 0 Å². The van der Waals surface area contributed by atoms with E-state index in [1.807, 2.05) is 0 Å². The molecule has 2 aliphatic rings. The van der Waals surface area contributed by atoms with Gasteiger partial charge < -0.3 is 16.0 Å². The van der Waals surface area contributed by atoms with Crippen LogP contribution in [-0.4, -0.2) is 47.5 Å². The Morgan fingerprint density at radius 1 is 1.19 bits per heavy atom. The quantitative estimate of drug-likeness (QED) is 0.705. The first-order valence-electron chi connectivity index (χ1n) is 9.76. The van der Waals surface area contributed by atoms with Crippen molar-refractivity contribution < 1.29 is 19.2 Å². The Balaban J connectivity index is 1.84. The predicted octanol–water partition coefficient (Wildman–Crippen LogP) is 1.14. The Morgan fingerprint density at radius 3 is 2.54 bits per heavy atom. The van der Waals surface area contributed by atoms with Gasteiger partial charge in [-0.15, -0.1) is 0 Å². The molecular formula is C19H31N3O4. The standard InChI is InChI=1S/C19H31N3O4/c1-13(19(20)26)7-9-17(24)21-15-8-10-18(25)22(12-16(15)23)11-14-5-3-2-4-6-14/h13-15H,2-12H2,1H3,(H2,20,26)(H,21,24)/t13-,15-/m0/s1. The van der Waals surface area contributed by atoms with Crippen molar-refractivity contribution in [2.45, 2.75) is 70.8 Å². The summed E-state index contributed by atoms with van der Waals surface area (Å²) in [5.74, 6) is -0.706. The number of hydrogen-bond donors (Lipinski definition) is 2. The van der Waals surface area contributed by atoms with Gasteiger partial charge in [0.25, 0.3) is 0 Å². The molecule has 146 valence electrons. The first-order chi connectivity index (χ1) is 12.4. The first kappa shape index (κ1) is 20.4. The smallest absolute Gasteiger partial charge is 0.223 e. The van der Waals surface area contributed by atoms with E-state index in [4.69, 9.17) is 5.73 Å². The van der Waals surface area contributed by atoms with Gasteiger partial charge >= 0.3 is 0 Å². The van der Waals surface area contributed by atoms with Crippen LogP contribution in [0.3, 0.4) is 0 Å². The number of carbonyl (C=O) groups is 4. The summed E-state index contributed by atoms with van der Waals surface area (Å²) >= 11 is 0. The Hall–Kier alpha value is -1.92. The van der Waals surface area contributed by atoms with E-state index in [2.05, 4.69) is 5.32 Å². The van der Waals surface area contributed by atoms with Crippen molar-refractivity contribution in [3.63, 3.8) is 0 Å². The van der Waals surface area contributed by atoms with Gasteiger partial charge in [0.05, 0.1) is 12.6 Å². The van der Waals surface area contributed by atoms with E-state index in [1.54, 1.807) is 11.8 Å². The highest BCUT2D eigenvalue weighted by atomic mass is 16.2. The third kappa shape index (κ3) is 6.11. The lowest BCUT2D eigenvalue weighted by Crippen LogP contribution is -2.44. The molecule has 0 aromatic carbocycles. The van der Waals surface area contributed by atoms with Crippen LogP contribution < -0.4 is 11.1 Å². The molecule has 0 aromatic rings. The van der Waals surface area contributed by atoms with Crippen LogP contribution in [-0.2, 0) is 19.2 Å². The van der Waals surface area contributed by atoms with Crippen molar-refractivity contribution in [3.8, 4) is 0 Å². The minimum absolute atomic E-state index is 0.00280. The molecule has 0 aromatic heterocycles. The molecule has 1 aliphatic heterocycles. The first-order valence-corrected chi connectivity index (χ1v) is 9.76. The molecule has 1 aliphatic carbocycles. The Morgan fingerprint density at radius 2 is 1.88 bits per heavy atom. The molecule has 0 unspecified atom stereocenters. The number of Topliss-reactive ketones (excluding diaryl/α,β-unsaturated/α-hetero) is 1. The third-order valence-corrected chi connectivity index (χ3v) is 5.56. The van der Waals surface area contributed by atoms with Gasteiger partial charge in [0, 0.05) is 25.3 Å². The normalized spacial score (nSPS) is 23.4. The number of ketones is 1. The number of carbonyl (C=O) groups excluding carboxylic acids is 4. The highest BCUT2D eigenvalue weighted by Gasteiger charge is 2.31. The molecule has 7 heteroatoms. The van der Waals surface area contributed by atoms with Crippen molar-refractivity contribution in [2.75, 3.05) is 13.1 Å². The Kier molecular flexibility index (Phi) is 7.60. The molecule has 7 nitrogen and oxygen atoms in total. The molecule has 2 fully saturated rings. The number of amides is 3. The van der Waals surface area contributed by atoms with Crippen molar-refractivity contribution in [1.82, 2.24) is 10.2 Å². The van der Waals surface area contributed by atoms with Crippen LogP contribution in [0.5, 0.6) is 0 Å². The van der Waals surface area contributed by atoms with E-state index in [9.17, 15) is 19.2 Å². The van der Waals surface area contributed by atoms with Gasteiger partial charge in [-0.05, 0) is 31.6 Å². The van der Waals surface area contributed by atoms with Crippen molar-refractivity contribution in [2.24, 2.45) is 17.6 Å². The van der Waals surface area contributed by atoms with Gasteiger partial charge in [0.1, 0.15) is 0 Å². The lowest BCUT2D eigenvalue weighted by Gasteiger charge is -2.28. The molecule has 2 rings (SSSR count). The van der Waals surface area contributed by atoms with Crippen molar-refractivity contribution in [3.05, 3.63) is 0 Å². The maximum absolute atomic E-state index is 12.5.